The highest BCUT2D eigenvalue weighted by Gasteiger charge is 2.03. The van der Waals surface area contributed by atoms with Crippen molar-refractivity contribution < 1.29 is 0 Å². The Hall–Kier alpha value is -1.39. The summed E-state index contributed by atoms with van der Waals surface area (Å²) in [4.78, 5) is 0. The molecule has 1 aromatic carbocycles. The second-order valence-corrected chi connectivity index (χ2v) is 4.49. The minimum Gasteiger partial charge on any atom is -0.382 e. The highest BCUT2D eigenvalue weighted by atomic mass is 79.9. The Balaban J connectivity index is 2.90. The van der Waals surface area contributed by atoms with Crippen molar-refractivity contribution in [1.29, 1.82) is 10.7 Å². The fourth-order valence-electron chi connectivity index (χ4n) is 0.842. The van der Waals surface area contributed by atoms with Gasteiger partial charge in [-0.05, 0) is 34.1 Å². The van der Waals surface area contributed by atoms with Crippen LogP contribution >= 0.6 is 31.9 Å². The average molecular weight is 345 g/mol. The third-order valence-electron chi connectivity index (χ3n) is 1.58. The Labute approximate surface area is 109 Å². The fraction of sp³-hybridized carbons (Fsp3) is 0. The van der Waals surface area contributed by atoms with Crippen LogP contribution in [-0.4, -0.2) is 11.5 Å². The number of hydrogen-bond acceptors (Lipinski definition) is 4. The van der Waals surface area contributed by atoms with Crippen molar-refractivity contribution in [2.75, 3.05) is 5.43 Å². The molecular weight excluding hydrogens is 338 g/mol. The summed E-state index contributed by atoms with van der Waals surface area (Å²) in [5.41, 5.74) is 8.31. The minimum absolute atomic E-state index is 0.158. The van der Waals surface area contributed by atoms with Crippen LogP contribution in [0.5, 0.6) is 0 Å². The van der Waals surface area contributed by atoms with Crippen LogP contribution in [0.15, 0.2) is 32.2 Å². The molecule has 5 nitrogen and oxygen atoms in total. The lowest BCUT2D eigenvalue weighted by Crippen LogP contribution is -2.21. The van der Waals surface area contributed by atoms with Gasteiger partial charge < -0.3 is 5.73 Å². The van der Waals surface area contributed by atoms with Crippen molar-refractivity contribution >= 4 is 49.1 Å². The normalized spacial score (nSPS) is 10.7. The number of nitrogens with zero attached hydrogens (tertiary/aromatic N) is 2. The Kier molecular flexibility index (Phi) is 4.46. The standard InChI is InChI=1S/C9H7Br2N5/c10-5-1-2-7(6(11)3-5)15-16-8(4-12)9(13)14/h1-3,15H,(H3,13,14)/b16-8+. The van der Waals surface area contributed by atoms with Crippen LogP contribution in [0.3, 0.4) is 0 Å². The summed E-state index contributed by atoms with van der Waals surface area (Å²) in [6.45, 7) is 0. The van der Waals surface area contributed by atoms with Gasteiger partial charge in [0.2, 0.25) is 5.71 Å². The van der Waals surface area contributed by atoms with E-state index in [9.17, 15) is 0 Å². The van der Waals surface area contributed by atoms with Gasteiger partial charge in [0, 0.05) is 8.95 Å². The van der Waals surface area contributed by atoms with Crippen LogP contribution < -0.4 is 11.2 Å². The third-order valence-corrected chi connectivity index (χ3v) is 2.73. The molecule has 0 aliphatic carbocycles. The Morgan fingerprint density at radius 1 is 1.50 bits per heavy atom. The molecule has 82 valence electrons. The molecule has 7 heteroatoms. The van der Waals surface area contributed by atoms with Gasteiger partial charge in [0.15, 0.2) is 5.84 Å². The lowest BCUT2D eigenvalue weighted by atomic mass is 10.3. The van der Waals surface area contributed by atoms with Crippen molar-refractivity contribution in [2.24, 2.45) is 10.8 Å². The fourth-order valence-corrected chi connectivity index (χ4v) is 1.98. The van der Waals surface area contributed by atoms with Crippen LogP contribution in [0.1, 0.15) is 0 Å². The van der Waals surface area contributed by atoms with E-state index in [2.05, 4.69) is 42.4 Å². The molecule has 0 atom stereocenters. The van der Waals surface area contributed by atoms with E-state index >= 15 is 0 Å². The number of benzene rings is 1. The van der Waals surface area contributed by atoms with Gasteiger partial charge in [-0.3, -0.25) is 10.8 Å². The first-order chi connectivity index (χ1) is 7.54. The second kappa shape index (κ2) is 5.63. The molecule has 0 spiro atoms. The Morgan fingerprint density at radius 3 is 2.69 bits per heavy atom. The maximum absolute atomic E-state index is 8.63. The number of anilines is 1. The summed E-state index contributed by atoms with van der Waals surface area (Å²) in [6.07, 6.45) is 0. The summed E-state index contributed by atoms with van der Waals surface area (Å²) in [7, 11) is 0. The minimum atomic E-state index is -0.372. The van der Waals surface area contributed by atoms with Gasteiger partial charge in [0.1, 0.15) is 6.07 Å². The molecule has 0 unspecified atom stereocenters. The molecule has 0 heterocycles. The zero-order valence-corrected chi connectivity index (χ0v) is 11.1. The molecule has 0 aliphatic rings. The van der Waals surface area contributed by atoms with Crippen molar-refractivity contribution in [3.8, 4) is 6.07 Å². The van der Waals surface area contributed by atoms with Crippen LogP contribution in [0.4, 0.5) is 5.69 Å². The lowest BCUT2D eigenvalue weighted by Gasteiger charge is -2.04. The molecule has 1 aromatic rings. The topological polar surface area (TPSA) is 98.0 Å². The van der Waals surface area contributed by atoms with Crippen molar-refractivity contribution in [1.82, 2.24) is 0 Å². The van der Waals surface area contributed by atoms with Gasteiger partial charge in [-0.2, -0.15) is 10.4 Å². The molecule has 0 amide bonds. The highest BCUT2D eigenvalue weighted by molar-refractivity contribution is 9.11. The molecule has 0 bridgehead atoms. The Bertz CT molecular complexity index is 489. The quantitative estimate of drug-likeness (QED) is 0.446. The number of amidine groups is 1. The predicted molar refractivity (Wildman–Crippen MR) is 70.4 cm³/mol. The maximum atomic E-state index is 8.63. The molecule has 1 rings (SSSR count). The van der Waals surface area contributed by atoms with E-state index in [1.807, 2.05) is 12.1 Å². The van der Waals surface area contributed by atoms with E-state index in [-0.39, 0.29) is 11.5 Å². The molecule has 0 saturated carbocycles. The van der Waals surface area contributed by atoms with E-state index in [1.165, 1.54) is 0 Å². The number of rotatable bonds is 3. The van der Waals surface area contributed by atoms with Gasteiger partial charge in [-0.15, -0.1) is 0 Å². The number of nitriles is 1. The monoisotopic (exact) mass is 343 g/mol. The molecule has 16 heavy (non-hydrogen) atoms. The number of hydrazone groups is 1. The van der Waals surface area contributed by atoms with Crippen LogP contribution in [0.25, 0.3) is 0 Å². The highest BCUT2D eigenvalue weighted by Crippen LogP contribution is 2.25. The Morgan fingerprint density at radius 2 is 2.19 bits per heavy atom. The zero-order chi connectivity index (χ0) is 12.1. The van der Waals surface area contributed by atoms with Gasteiger partial charge in [-0.25, -0.2) is 0 Å². The molecule has 4 N–H and O–H groups in total. The van der Waals surface area contributed by atoms with E-state index in [1.54, 1.807) is 12.1 Å². The zero-order valence-electron chi connectivity index (χ0n) is 7.96. The number of nitrogens with one attached hydrogen (secondary N) is 2. The van der Waals surface area contributed by atoms with E-state index < -0.39 is 0 Å². The molecule has 0 fully saturated rings. The predicted octanol–water partition coefficient (Wildman–Crippen LogP) is 2.44. The molecular formula is C9H7Br2N5. The first-order valence-corrected chi connectivity index (χ1v) is 5.66. The second-order valence-electron chi connectivity index (χ2n) is 2.72. The van der Waals surface area contributed by atoms with Crippen molar-refractivity contribution in [3.63, 3.8) is 0 Å². The van der Waals surface area contributed by atoms with Crippen molar-refractivity contribution in [3.05, 3.63) is 27.1 Å². The summed E-state index contributed by atoms with van der Waals surface area (Å²) in [6, 6.07) is 7.14. The van der Waals surface area contributed by atoms with Crippen LogP contribution in [0, 0.1) is 16.7 Å². The SMILES string of the molecule is N#C/C(=N\Nc1ccc(Br)cc1Br)C(=N)N. The van der Waals surface area contributed by atoms with Gasteiger partial charge >= 0.3 is 0 Å². The molecule has 0 saturated heterocycles. The third kappa shape index (κ3) is 3.32. The van der Waals surface area contributed by atoms with E-state index in [0.717, 1.165) is 8.95 Å². The number of hydrogen-bond donors (Lipinski definition) is 3. The number of nitrogens with two attached hydrogens (primary N) is 1. The molecule has 0 aromatic heterocycles. The summed E-state index contributed by atoms with van der Waals surface area (Å²) < 4.78 is 1.70. The first kappa shape index (κ1) is 12.7. The van der Waals surface area contributed by atoms with E-state index in [4.69, 9.17) is 16.4 Å². The van der Waals surface area contributed by atoms with Gasteiger partial charge in [0.05, 0.1) is 5.69 Å². The first-order valence-electron chi connectivity index (χ1n) is 4.08. The number of halogens is 2. The van der Waals surface area contributed by atoms with E-state index in [0.29, 0.717) is 5.69 Å². The molecule has 0 aliphatic heterocycles. The molecule has 0 radical (unpaired) electrons. The largest absolute Gasteiger partial charge is 0.382 e. The van der Waals surface area contributed by atoms with Crippen LogP contribution in [0.2, 0.25) is 0 Å². The summed E-state index contributed by atoms with van der Waals surface area (Å²) in [5.74, 6) is -0.372. The smallest absolute Gasteiger partial charge is 0.201 e. The average Bonchev–Trinajstić information content (AvgIpc) is 2.21. The van der Waals surface area contributed by atoms with Gasteiger partial charge in [-0.1, -0.05) is 15.9 Å². The summed E-state index contributed by atoms with van der Waals surface area (Å²) in [5, 5.41) is 19.4. The summed E-state index contributed by atoms with van der Waals surface area (Å²) >= 11 is 6.64. The van der Waals surface area contributed by atoms with Gasteiger partial charge in [0.25, 0.3) is 0 Å². The van der Waals surface area contributed by atoms with Crippen molar-refractivity contribution in [2.45, 2.75) is 0 Å². The van der Waals surface area contributed by atoms with Crippen LogP contribution in [-0.2, 0) is 0 Å². The lowest BCUT2D eigenvalue weighted by molar-refractivity contribution is 1.32. The maximum Gasteiger partial charge on any atom is 0.201 e.